The van der Waals surface area contributed by atoms with Crippen LogP contribution in [0.5, 0.6) is 0 Å². The summed E-state index contributed by atoms with van der Waals surface area (Å²) in [5.74, 6) is -1.22. The Kier molecular flexibility index (Phi) is 5.13. The second-order valence-corrected chi connectivity index (χ2v) is 7.18. The van der Waals surface area contributed by atoms with Crippen molar-refractivity contribution in [3.05, 3.63) is 90.3 Å². The van der Waals surface area contributed by atoms with E-state index < -0.39 is 5.91 Å². The highest BCUT2D eigenvalue weighted by atomic mass is 19.1. The minimum absolute atomic E-state index is 0.301. The Morgan fingerprint density at radius 2 is 1.84 bits per heavy atom. The molecule has 0 spiro atoms. The van der Waals surface area contributed by atoms with Gasteiger partial charge in [0.2, 0.25) is 5.91 Å². The lowest BCUT2D eigenvalue weighted by molar-refractivity contribution is -0.111. The van der Waals surface area contributed by atoms with E-state index in [4.69, 9.17) is 5.73 Å². The fraction of sp³-hybridized carbons (Fsp3) is 0.0400. The number of hydrogen-bond donors (Lipinski definition) is 3. The number of nitrogens with two attached hydrogens (primary N) is 1. The van der Waals surface area contributed by atoms with Crippen LogP contribution in [0.4, 0.5) is 10.1 Å². The second-order valence-electron chi connectivity index (χ2n) is 7.18. The van der Waals surface area contributed by atoms with Gasteiger partial charge in [-0.1, -0.05) is 36.9 Å². The Bertz CT molecular complexity index is 1350. The molecule has 0 saturated carbocycles. The van der Waals surface area contributed by atoms with Gasteiger partial charge in [-0.15, -0.1) is 0 Å². The van der Waals surface area contributed by atoms with Gasteiger partial charge in [0.1, 0.15) is 5.82 Å². The van der Waals surface area contributed by atoms with E-state index in [1.165, 1.54) is 18.2 Å². The standard InChI is InChI=1S/C25H20FN3O2/c1-3-23(30)28-21-9-5-8-17(14(21)2)18-10-11-19(25(27)31)24-20(18)13-22(29-24)15-6-4-7-16(26)12-15/h3-13,29H,1H2,2H3,(H2,27,31)(H,28,30). The number of benzene rings is 3. The first-order valence-corrected chi connectivity index (χ1v) is 9.64. The molecule has 154 valence electrons. The van der Waals surface area contributed by atoms with Crippen molar-refractivity contribution in [3.63, 3.8) is 0 Å². The highest BCUT2D eigenvalue weighted by Gasteiger charge is 2.17. The van der Waals surface area contributed by atoms with Crippen molar-refractivity contribution in [2.75, 3.05) is 5.32 Å². The number of carbonyl (C=O) groups is 2. The number of aromatic amines is 1. The van der Waals surface area contributed by atoms with Crippen LogP contribution in [0, 0.1) is 12.7 Å². The molecule has 31 heavy (non-hydrogen) atoms. The highest BCUT2D eigenvalue weighted by Crippen LogP contribution is 2.37. The van der Waals surface area contributed by atoms with E-state index in [1.54, 1.807) is 18.2 Å². The molecule has 0 radical (unpaired) electrons. The Labute approximate surface area is 178 Å². The van der Waals surface area contributed by atoms with Gasteiger partial charge >= 0.3 is 0 Å². The summed E-state index contributed by atoms with van der Waals surface area (Å²) in [5.41, 5.74) is 11.1. The molecule has 6 heteroatoms. The van der Waals surface area contributed by atoms with Crippen LogP contribution in [-0.2, 0) is 4.79 Å². The molecule has 0 saturated heterocycles. The Hall–Kier alpha value is -4.19. The topological polar surface area (TPSA) is 88.0 Å². The Balaban J connectivity index is 1.95. The predicted molar refractivity (Wildman–Crippen MR) is 121 cm³/mol. The van der Waals surface area contributed by atoms with Gasteiger partial charge in [-0.2, -0.15) is 0 Å². The zero-order chi connectivity index (χ0) is 22.1. The molecule has 1 aromatic heterocycles. The highest BCUT2D eigenvalue weighted by molar-refractivity contribution is 6.11. The molecular formula is C25H20FN3O2. The van der Waals surface area contributed by atoms with E-state index in [0.717, 1.165) is 22.1 Å². The molecule has 3 aromatic carbocycles. The summed E-state index contributed by atoms with van der Waals surface area (Å²) in [5, 5.41) is 3.57. The summed E-state index contributed by atoms with van der Waals surface area (Å²) in [6.07, 6.45) is 1.21. The summed E-state index contributed by atoms with van der Waals surface area (Å²) in [4.78, 5) is 27.0. The van der Waals surface area contributed by atoms with Crippen LogP contribution in [0.15, 0.2) is 73.3 Å². The van der Waals surface area contributed by atoms with Crippen molar-refractivity contribution in [2.24, 2.45) is 5.73 Å². The molecule has 0 aliphatic rings. The first-order chi connectivity index (χ1) is 14.9. The zero-order valence-corrected chi connectivity index (χ0v) is 16.8. The van der Waals surface area contributed by atoms with E-state index in [0.29, 0.717) is 28.0 Å². The van der Waals surface area contributed by atoms with Crippen molar-refractivity contribution >= 4 is 28.4 Å². The van der Waals surface area contributed by atoms with Crippen LogP contribution in [-0.4, -0.2) is 16.8 Å². The molecule has 0 aliphatic heterocycles. The number of halogens is 1. The van der Waals surface area contributed by atoms with Gasteiger partial charge in [-0.3, -0.25) is 9.59 Å². The van der Waals surface area contributed by atoms with Crippen molar-refractivity contribution in [1.82, 2.24) is 4.98 Å². The molecule has 4 rings (SSSR count). The molecule has 5 nitrogen and oxygen atoms in total. The number of hydrogen-bond acceptors (Lipinski definition) is 2. The maximum absolute atomic E-state index is 13.8. The Morgan fingerprint density at radius 1 is 1.06 bits per heavy atom. The van der Waals surface area contributed by atoms with E-state index >= 15 is 0 Å². The van der Waals surface area contributed by atoms with Crippen LogP contribution in [0.25, 0.3) is 33.3 Å². The van der Waals surface area contributed by atoms with E-state index in [-0.39, 0.29) is 11.7 Å². The van der Waals surface area contributed by atoms with Gasteiger partial charge in [0.25, 0.3) is 5.91 Å². The normalized spacial score (nSPS) is 10.8. The average Bonchev–Trinajstić information content (AvgIpc) is 3.20. The number of carbonyl (C=O) groups excluding carboxylic acids is 2. The molecule has 4 N–H and O–H groups in total. The number of primary amides is 1. The quantitative estimate of drug-likeness (QED) is 0.394. The minimum atomic E-state index is -0.562. The second kappa shape index (κ2) is 7.91. The number of H-pyrrole nitrogens is 1. The maximum atomic E-state index is 13.8. The van der Waals surface area contributed by atoms with Gasteiger partial charge in [0, 0.05) is 22.3 Å². The van der Waals surface area contributed by atoms with Crippen molar-refractivity contribution in [3.8, 4) is 22.4 Å². The molecule has 1 heterocycles. The molecule has 4 aromatic rings. The first kappa shape index (κ1) is 20.1. The fourth-order valence-corrected chi connectivity index (χ4v) is 3.72. The van der Waals surface area contributed by atoms with Gasteiger partial charge in [0.15, 0.2) is 0 Å². The van der Waals surface area contributed by atoms with E-state index in [9.17, 15) is 14.0 Å². The number of anilines is 1. The van der Waals surface area contributed by atoms with Gasteiger partial charge in [0.05, 0.1) is 11.1 Å². The molecular weight excluding hydrogens is 393 g/mol. The van der Waals surface area contributed by atoms with Gasteiger partial charge in [-0.25, -0.2) is 4.39 Å². The lowest BCUT2D eigenvalue weighted by Crippen LogP contribution is -2.11. The summed E-state index contributed by atoms with van der Waals surface area (Å²) in [7, 11) is 0. The first-order valence-electron chi connectivity index (χ1n) is 9.64. The Morgan fingerprint density at radius 3 is 2.55 bits per heavy atom. The number of amides is 2. The third-order valence-electron chi connectivity index (χ3n) is 5.26. The summed E-state index contributed by atoms with van der Waals surface area (Å²) >= 11 is 0. The van der Waals surface area contributed by atoms with Gasteiger partial charge < -0.3 is 16.0 Å². The van der Waals surface area contributed by atoms with Crippen molar-refractivity contribution < 1.29 is 14.0 Å². The number of rotatable bonds is 5. The van der Waals surface area contributed by atoms with Crippen LogP contribution >= 0.6 is 0 Å². The summed E-state index contributed by atoms with van der Waals surface area (Å²) < 4.78 is 13.8. The minimum Gasteiger partial charge on any atom is -0.366 e. The van der Waals surface area contributed by atoms with E-state index in [1.807, 2.05) is 37.3 Å². The maximum Gasteiger partial charge on any atom is 0.250 e. The SMILES string of the molecule is C=CC(=O)Nc1cccc(-c2ccc(C(N)=O)c3[nH]c(-c4cccc(F)c4)cc23)c1C. The van der Waals surface area contributed by atoms with Gasteiger partial charge in [-0.05, 0) is 60.0 Å². The lowest BCUT2D eigenvalue weighted by atomic mass is 9.94. The number of aromatic nitrogens is 1. The molecule has 2 amide bonds. The van der Waals surface area contributed by atoms with Crippen LogP contribution < -0.4 is 11.1 Å². The zero-order valence-electron chi connectivity index (χ0n) is 16.8. The largest absolute Gasteiger partial charge is 0.366 e. The monoisotopic (exact) mass is 413 g/mol. The molecule has 0 bridgehead atoms. The van der Waals surface area contributed by atoms with Crippen LogP contribution in [0.1, 0.15) is 15.9 Å². The number of nitrogens with one attached hydrogen (secondary N) is 2. The third-order valence-corrected chi connectivity index (χ3v) is 5.26. The van der Waals surface area contributed by atoms with Crippen molar-refractivity contribution in [2.45, 2.75) is 6.92 Å². The molecule has 0 unspecified atom stereocenters. The lowest BCUT2D eigenvalue weighted by Gasteiger charge is -2.13. The number of fused-ring (bicyclic) bond motifs is 1. The summed E-state index contributed by atoms with van der Waals surface area (Å²) in [6, 6.07) is 17.2. The summed E-state index contributed by atoms with van der Waals surface area (Å²) in [6.45, 7) is 5.39. The van der Waals surface area contributed by atoms with E-state index in [2.05, 4.69) is 16.9 Å². The van der Waals surface area contributed by atoms with Crippen molar-refractivity contribution in [1.29, 1.82) is 0 Å². The average molecular weight is 413 g/mol. The third kappa shape index (κ3) is 3.71. The predicted octanol–water partition coefficient (Wildman–Crippen LogP) is 5.17. The van der Waals surface area contributed by atoms with Crippen LogP contribution in [0.2, 0.25) is 0 Å². The smallest absolute Gasteiger partial charge is 0.250 e. The van der Waals surface area contributed by atoms with Crippen LogP contribution in [0.3, 0.4) is 0 Å². The molecule has 0 fully saturated rings. The molecule has 0 atom stereocenters. The fourth-order valence-electron chi connectivity index (χ4n) is 3.72. The molecule has 0 aliphatic carbocycles.